The van der Waals surface area contributed by atoms with Gasteiger partial charge in [0.15, 0.2) is 0 Å². The van der Waals surface area contributed by atoms with E-state index in [0.717, 1.165) is 39.4 Å². The Labute approximate surface area is 146 Å². The van der Waals surface area contributed by atoms with Crippen molar-refractivity contribution in [1.29, 1.82) is 5.26 Å². The van der Waals surface area contributed by atoms with Crippen LogP contribution in [0, 0.1) is 11.3 Å². The Bertz CT molecular complexity index is 760. The molecule has 0 spiro atoms. The molecule has 130 valence electrons. The van der Waals surface area contributed by atoms with Crippen LogP contribution in [0.15, 0.2) is 36.7 Å². The Balaban J connectivity index is 1.48. The number of ether oxygens (including phenoxy) is 1. The summed E-state index contributed by atoms with van der Waals surface area (Å²) in [6.07, 6.45) is 3.41. The molecular formula is C17H20N6O2. The lowest BCUT2D eigenvalue weighted by atomic mass is 10.2. The minimum Gasteiger partial charge on any atom is -0.379 e. The van der Waals surface area contributed by atoms with Gasteiger partial charge in [0.25, 0.3) is 0 Å². The predicted octanol–water partition coefficient (Wildman–Crippen LogP) is 1.73. The molecule has 3 rings (SSSR count). The topological polar surface area (TPSA) is 95.2 Å². The number of nitrogens with one attached hydrogen (secondary N) is 2. The van der Waals surface area contributed by atoms with Gasteiger partial charge in [0, 0.05) is 31.5 Å². The molecule has 0 aliphatic carbocycles. The normalized spacial score (nSPS) is 14.7. The zero-order chi connectivity index (χ0) is 17.5. The first-order chi connectivity index (χ1) is 12.2. The molecule has 0 unspecified atom stereocenters. The van der Waals surface area contributed by atoms with Gasteiger partial charge in [-0.25, -0.2) is 4.79 Å². The average Bonchev–Trinajstić information content (AvgIpc) is 3.08. The van der Waals surface area contributed by atoms with Gasteiger partial charge in [0.05, 0.1) is 43.3 Å². The van der Waals surface area contributed by atoms with Gasteiger partial charge in [-0.1, -0.05) is 6.07 Å². The summed E-state index contributed by atoms with van der Waals surface area (Å²) in [6, 6.07) is 8.41. The van der Waals surface area contributed by atoms with E-state index in [2.05, 4.69) is 20.6 Å². The lowest BCUT2D eigenvalue weighted by molar-refractivity contribution is 0.0360. The second kappa shape index (κ2) is 8.28. The summed E-state index contributed by atoms with van der Waals surface area (Å²) in [4.78, 5) is 14.4. The maximum Gasteiger partial charge on any atom is 0.323 e. The van der Waals surface area contributed by atoms with E-state index < -0.39 is 0 Å². The molecule has 8 heteroatoms. The number of nitrogens with zero attached hydrogens (tertiary/aromatic N) is 4. The van der Waals surface area contributed by atoms with Crippen molar-refractivity contribution in [2.75, 3.05) is 43.5 Å². The van der Waals surface area contributed by atoms with Crippen molar-refractivity contribution in [2.24, 2.45) is 0 Å². The number of urea groups is 1. The van der Waals surface area contributed by atoms with Crippen molar-refractivity contribution >= 4 is 17.4 Å². The summed E-state index contributed by atoms with van der Waals surface area (Å²) in [5.74, 6) is 0. The molecule has 2 heterocycles. The number of nitriles is 1. The first kappa shape index (κ1) is 17.0. The number of carbonyl (C=O) groups is 1. The summed E-state index contributed by atoms with van der Waals surface area (Å²) in [5, 5.41) is 18.6. The Morgan fingerprint density at radius 3 is 2.84 bits per heavy atom. The molecule has 2 amide bonds. The molecule has 1 saturated heterocycles. The first-order valence-corrected chi connectivity index (χ1v) is 8.14. The van der Waals surface area contributed by atoms with Gasteiger partial charge >= 0.3 is 6.03 Å². The number of morpholine rings is 1. The van der Waals surface area contributed by atoms with Crippen LogP contribution >= 0.6 is 0 Å². The van der Waals surface area contributed by atoms with Gasteiger partial charge < -0.3 is 15.4 Å². The van der Waals surface area contributed by atoms with Gasteiger partial charge in [-0.2, -0.15) is 10.4 Å². The number of amides is 2. The second-order valence-corrected chi connectivity index (χ2v) is 5.72. The molecule has 0 radical (unpaired) electrons. The minimum atomic E-state index is -0.372. The molecule has 0 bridgehead atoms. The third-order valence-corrected chi connectivity index (χ3v) is 3.89. The molecule has 25 heavy (non-hydrogen) atoms. The number of hydrogen-bond acceptors (Lipinski definition) is 5. The van der Waals surface area contributed by atoms with Crippen molar-refractivity contribution in [2.45, 2.75) is 6.54 Å². The number of hydrogen-bond donors (Lipinski definition) is 2. The fourth-order valence-electron chi connectivity index (χ4n) is 2.58. The summed E-state index contributed by atoms with van der Waals surface area (Å²) in [5.41, 5.74) is 1.68. The van der Waals surface area contributed by atoms with Gasteiger partial charge in [0.1, 0.15) is 0 Å². The van der Waals surface area contributed by atoms with Crippen LogP contribution in [0.1, 0.15) is 5.56 Å². The molecule has 1 aromatic heterocycles. The highest BCUT2D eigenvalue weighted by Crippen LogP contribution is 2.11. The smallest absolute Gasteiger partial charge is 0.323 e. The SMILES string of the molecule is N#Cc1cccc(NC(=O)Nc2cnn(CCN3CCOCC3)c2)c1. The van der Waals surface area contributed by atoms with E-state index >= 15 is 0 Å². The largest absolute Gasteiger partial charge is 0.379 e. The van der Waals surface area contributed by atoms with E-state index in [4.69, 9.17) is 10.00 Å². The molecule has 2 aromatic rings. The molecule has 1 aromatic carbocycles. The first-order valence-electron chi connectivity index (χ1n) is 8.14. The summed E-state index contributed by atoms with van der Waals surface area (Å²) >= 11 is 0. The van der Waals surface area contributed by atoms with E-state index in [1.54, 1.807) is 41.3 Å². The monoisotopic (exact) mass is 340 g/mol. The lowest BCUT2D eigenvalue weighted by Crippen LogP contribution is -2.38. The molecule has 1 aliphatic heterocycles. The molecule has 0 atom stereocenters. The van der Waals surface area contributed by atoms with Crippen molar-refractivity contribution < 1.29 is 9.53 Å². The molecule has 1 fully saturated rings. The zero-order valence-corrected chi connectivity index (χ0v) is 13.8. The Morgan fingerprint density at radius 2 is 2.04 bits per heavy atom. The second-order valence-electron chi connectivity index (χ2n) is 5.72. The van der Waals surface area contributed by atoms with E-state index in [-0.39, 0.29) is 6.03 Å². The van der Waals surface area contributed by atoms with Gasteiger partial charge in [-0.05, 0) is 18.2 Å². The van der Waals surface area contributed by atoms with Gasteiger partial charge in [-0.3, -0.25) is 9.58 Å². The average molecular weight is 340 g/mol. The van der Waals surface area contributed by atoms with E-state index in [1.807, 2.05) is 6.07 Å². The molecule has 1 aliphatic rings. The van der Waals surface area contributed by atoms with Crippen LogP contribution in [0.5, 0.6) is 0 Å². The maximum absolute atomic E-state index is 12.0. The predicted molar refractivity (Wildman–Crippen MR) is 93.3 cm³/mol. The summed E-state index contributed by atoms with van der Waals surface area (Å²) < 4.78 is 7.13. The lowest BCUT2D eigenvalue weighted by Gasteiger charge is -2.26. The third-order valence-electron chi connectivity index (χ3n) is 3.89. The van der Waals surface area contributed by atoms with Gasteiger partial charge in [-0.15, -0.1) is 0 Å². The fraction of sp³-hybridized carbons (Fsp3) is 0.353. The van der Waals surface area contributed by atoms with Crippen LogP contribution in [0.4, 0.5) is 16.2 Å². The van der Waals surface area contributed by atoms with Crippen LogP contribution in [-0.4, -0.2) is 53.6 Å². The van der Waals surface area contributed by atoms with Crippen LogP contribution < -0.4 is 10.6 Å². The van der Waals surface area contributed by atoms with E-state index in [1.165, 1.54) is 0 Å². The molecule has 2 N–H and O–H groups in total. The standard InChI is InChI=1S/C17H20N6O2/c18-11-14-2-1-3-15(10-14)20-17(24)21-16-12-19-23(13-16)5-4-22-6-8-25-9-7-22/h1-3,10,12-13H,4-9H2,(H2,20,21,24). The van der Waals surface area contributed by atoms with E-state index in [0.29, 0.717) is 16.9 Å². The highest BCUT2D eigenvalue weighted by Gasteiger charge is 2.10. The minimum absolute atomic E-state index is 0.372. The quantitative estimate of drug-likeness (QED) is 0.864. The number of carbonyl (C=O) groups excluding carboxylic acids is 1. The maximum atomic E-state index is 12.0. The Hall–Kier alpha value is -2.89. The van der Waals surface area contributed by atoms with E-state index in [9.17, 15) is 4.79 Å². The van der Waals surface area contributed by atoms with Crippen molar-refractivity contribution in [3.8, 4) is 6.07 Å². The van der Waals surface area contributed by atoms with Gasteiger partial charge in [0.2, 0.25) is 0 Å². The third kappa shape index (κ3) is 5.04. The highest BCUT2D eigenvalue weighted by atomic mass is 16.5. The van der Waals surface area contributed by atoms with Crippen LogP contribution in [0.25, 0.3) is 0 Å². The fourth-order valence-corrected chi connectivity index (χ4v) is 2.58. The van der Waals surface area contributed by atoms with Crippen LogP contribution in [-0.2, 0) is 11.3 Å². The molecule has 8 nitrogen and oxygen atoms in total. The zero-order valence-electron chi connectivity index (χ0n) is 13.8. The van der Waals surface area contributed by atoms with Crippen molar-refractivity contribution in [1.82, 2.24) is 14.7 Å². The molecule has 0 saturated carbocycles. The van der Waals surface area contributed by atoms with Crippen molar-refractivity contribution in [3.63, 3.8) is 0 Å². The molecular weight excluding hydrogens is 320 g/mol. The Morgan fingerprint density at radius 1 is 1.24 bits per heavy atom. The van der Waals surface area contributed by atoms with Crippen LogP contribution in [0.3, 0.4) is 0 Å². The number of anilines is 2. The number of rotatable bonds is 5. The highest BCUT2D eigenvalue weighted by molar-refractivity contribution is 5.99. The Kier molecular flexibility index (Phi) is 5.61. The van der Waals surface area contributed by atoms with Crippen molar-refractivity contribution in [3.05, 3.63) is 42.2 Å². The van der Waals surface area contributed by atoms with Crippen LogP contribution in [0.2, 0.25) is 0 Å². The summed E-state index contributed by atoms with van der Waals surface area (Å²) in [7, 11) is 0. The number of aromatic nitrogens is 2. The number of benzene rings is 1. The summed E-state index contributed by atoms with van der Waals surface area (Å²) in [6.45, 7) is 5.09.